The summed E-state index contributed by atoms with van der Waals surface area (Å²) in [5, 5.41) is 2.64. The second-order valence-electron chi connectivity index (χ2n) is 4.18. The Hall–Kier alpha value is -2.05. The molecular weight excluding hydrogens is 274 g/mol. The molecule has 0 unspecified atom stereocenters. The van der Waals surface area contributed by atoms with Gasteiger partial charge in [0.2, 0.25) is 0 Å². The minimum atomic E-state index is -4.49. The summed E-state index contributed by atoms with van der Waals surface area (Å²) < 4.78 is 53.0. The highest BCUT2D eigenvalue weighted by Crippen LogP contribution is 2.31. The number of rotatable bonds is 4. The first-order valence-corrected chi connectivity index (χ1v) is 6.02. The van der Waals surface area contributed by atoms with Crippen LogP contribution in [0.3, 0.4) is 0 Å². The van der Waals surface area contributed by atoms with Gasteiger partial charge in [0.05, 0.1) is 17.8 Å². The van der Waals surface area contributed by atoms with Crippen molar-refractivity contribution in [3.05, 3.63) is 47.8 Å². The van der Waals surface area contributed by atoms with Crippen LogP contribution < -0.4 is 5.32 Å². The van der Waals surface area contributed by atoms with E-state index in [1.807, 2.05) is 11.5 Å². The highest BCUT2D eigenvalue weighted by molar-refractivity contribution is 5.48. The van der Waals surface area contributed by atoms with Gasteiger partial charge in [-0.05, 0) is 25.1 Å². The Morgan fingerprint density at radius 1 is 1.30 bits per heavy atom. The molecule has 0 aliphatic rings. The van der Waals surface area contributed by atoms with Crippen LogP contribution in [0.15, 0.2) is 30.6 Å². The Balaban J connectivity index is 2.17. The van der Waals surface area contributed by atoms with Gasteiger partial charge in [-0.2, -0.15) is 13.2 Å². The van der Waals surface area contributed by atoms with E-state index in [1.165, 1.54) is 0 Å². The first-order valence-electron chi connectivity index (χ1n) is 6.02. The van der Waals surface area contributed by atoms with E-state index in [4.69, 9.17) is 0 Å². The maximum absolute atomic E-state index is 13.5. The highest BCUT2D eigenvalue weighted by atomic mass is 19.4. The van der Waals surface area contributed by atoms with E-state index in [9.17, 15) is 17.6 Å². The molecule has 0 radical (unpaired) electrons. The second kappa shape index (κ2) is 5.52. The van der Waals surface area contributed by atoms with E-state index in [-0.39, 0.29) is 12.2 Å². The molecule has 0 bridgehead atoms. The molecule has 20 heavy (non-hydrogen) atoms. The smallest absolute Gasteiger partial charge is 0.375 e. The molecule has 0 amide bonds. The molecule has 0 spiro atoms. The van der Waals surface area contributed by atoms with Gasteiger partial charge in [0.25, 0.3) is 0 Å². The van der Waals surface area contributed by atoms with Crippen molar-refractivity contribution in [3.63, 3.8) is 0 Å². The molecule has 0 atom stereocenters. The van der Waals surface area contributed by atoms with Crippen LogP contribution in [0.25, 0.3) is 0 Å². The second-order valence-corrected chi connectivity index (χ2v) is 4.18. The minimum absolute atomic E-state index is 0.152. The quantitative estimate of drug-likeness (QED) is 0.869. The molecule has 3 nitrogen and oxygen atoms in total. The van der Waals surface area contributed by atoms with Gasteiger partial charge in [-0.1, -0.05) is 0 Å². The Kier molecular flexibility index (Phi) is 3.96. The summed E-state index contributed by atoms with van der Waals surface area (Å²) in [5.41, 5.74) is -1.08. The summed E-state index contributed by atoms with van der Waals surface area (Å²) in [6.45, 7) is 2.75. The average molecular weight is 287 g/mol. The summed E-state index contributed by atoms with van der Waals surface area (Å²) in [7, 11) is 0. The molecule has 1 aromatic carbocycles. The number of nitrogens with one attached hydrogen (secondary N) is 1. The van der Waals surface area contributed by atoms with E-state index in [0.29, 0.717) is 18.4 Å². The van der Waals surface area contributed by atoms with Crippen molar-refractivity contribution >= 4 is 5.69 Å². The van der Waals surface area contributed by atoms with Crippen molar-refractivity contribution in [2.75, 3.05) is 5.32 Å². The predicted octanol–water partition coefficient (Wildman–Crippen LogP) is 3.67. The SMILES string of the molecule is CCn1ccnc1CNc1cc(C(F)(F)F)ccc1F. The van der Waals surface area contributed by atoms with Crippen LogP contribution >= 0.6 is 0 Å². The molecule has 7 heteroatoms. The monoisotopic (exact) mass is 287 g/mol. The number of imidazole rings is 1. The fraction of sp³-hybridized carbons (Fsp3) is 0.308. The van der Waals surface area contributed by atoms with E-state index < -0.39 is 17.6 Å². The van der Waals surface area contributed by atoms with Crippen molar-refractivity contribution in [2.24, 2.45) is 0 Å². The van der Waals surface area contributed by atoms with Gasteiger partial charge in [0, 0.05) is 18.9 Å². The van der Waals surface area contributed by atoms with Gasteiger partial charge in [-0.3, -0.25) is 0 Å². The molecule has 0 fully saturated rings. The van der Waals surface area contributed by atoms with Gasteiger partial charge < -0.3 is 9.88 Å². The standard InChI is InChI=1S/C13H13F4N3/c1-2-20-6-5-18-12(20)8-19-11-7-9(13(15,16)17)3-4-10(11)14/h3-7,19H,2,8H2,1H3. The van der Waals surface area contributed by atoms with Crippen LogP contribution in [0.2, 0.25) is 0 Å². The number of anilines is 1. The van der Waals surface area contributed by atoms with Gasteiger partial charge >= 0.3 is 6.18 Å². The van der Waals surface area contributed by atoms with Crippen molar-refractivity contribution < 1.29 is 17.6 Å². The van der Waals surface area contributed by atoms with Gasteiger partial charge in [0.1, 0.15) is 11.6 Å². The summed E-state index contributed by atoms with van der Waals surface area (Å²) >= 11 is 0. The van der Waals surface area contributed by atoms with Gasteiger partial charge in [-0.15, -0.1) is 0 Å². The Morgan fingerprint density at radius 2 is 2.05 bits per heavy atom. The molecule has 0 aliphatic carbocycles. The Bertz CT molecular complexity index is 590. The van der Waals surface area contributed by atoms with Crippen molar-refractivity contribution in [1.29, 1.82) is 0 Å². The van der Waals surface area contributed by atoms with Crippen LogP contribution in [0.4, 0.5) is 23.2 Å². The largest absolute Gasteiger partial charge is 0.416 e. The lowest BCUT2D eigenvalue weighted by Gasteiger charge is -2.12. The molecule has 0 saturated carbocycles. The molecule has 1 aromatic heterocycles. The molecule has 108 valence electrons. The number of alkyl halides is 3. The van der Waals surface area contributed by atoms with Gasteiger partial charge in [0.15, 0.2) is 0 Å². The Morgan fingerprint density at radius 3 is 2.70 bits per heavy atom. The lowest BCUT2D eigenvalue weighted by Crippen LogP contribution is -2.10. The summed E-state index contributed by atoms with van der Waals surface area (Å²) in [6, 6.07) is 2.28. The number of nitrogens with zero attached hydrogens (tertiary/aromatic N) is 2. The lowest BCUT2D eigenvalue weighted by atomic mass is 10.2. The third-order valence-electron chi connectivity index (χ3n) is 2.87. The van der Waals surface area contributed by atoms with Crippen LogP contribution in [0, 0.1) is 5.82 Å². The molecule has 2 rings (SSSR count). The molecule has 0 aliphatic heterocycles. The zero-order valence-electron chi connectivity index (χ0n) is 10.7. The zero-order valence-corrected chi connectivity index (χ0v) is 10.7. The van der Waals surface area contributed by atoms with Crippen molar-refractivity contribution in [2.45, 2.75) is 26.2 Å². The fourth-order valence-corrected chi connectivity index (χ4v) is 1.81. The Labute approximate surface area is 113 Å². The van der Waals surface area contributed by atoms with Crippen LogP contribution in [0.1, 0.15) is 18.3 Å². The van der Waals surface area contributed by atoms with Crippen LogP contribution in [-0.2, 0) is 19.3 Å². The van der Waals surface area contributed by atoms with Gasteiger partial charge in [-0.25, -0.2) is 9.37 Å². The first kappa shape index (κ1) is 14.4. The van der Waals surface area contributed by atoms with Crippen LogP contribution in [0.5, 0.6) is 0 Å². The molecular formula is C13H13F4N3. The van der Waals surface area contributed by atoms with E-state index in [2.05, 4.69) is 10.3 Å². The summed E-state index contributed by atoms with van der Waals surface area (Å²) in [5.74, 6) is -0.100. The van der Waals surface area contributed by atoms with E-state index in [0.717, 1.165) is 12.1 Å². The van der Waals surface area contributed by atoms with E-state index in [1.54, 1.807) is 12.4 Å². The lowest BCUT2D eigenvalue weighted by molar-refractivity contribution is -0.137. The average Bonchev–Trinajstić information content (AvgIpc) is 2.83. The normalized spacial score (nSPS) is 11.7. The molecule has 1 heterocycles. The third kappa shape index (κ3) is 3.09. The molecule has 1 N–H and O–H groups in total. The first-order chi connectivity index (χ1) is 9.41. The maximum Gasteiger partial charge on any atom is 0.416 e. The van der Waals surface area contributed by atoms with Crippen molar-refractivity contribution in [1.82, 2.24) is 9.55 Å². The zero-order chi connectivity index (χ0) is 14.8. The number of aryl methyl sites for hydroxylation is 1. The molecule has 0 saturated heterocycles. The summed E-state index contributed by atoms with van der Waals surface area (Å²) in [6.07, 6.45) is -1.16. The van der Waals surface area contributed by atoms with Crippen molar-refractivity contribution in [3.8, 4) is 0 Å². The molecule has 2 aromatic rings. The summed E-state index contributed by atoms with van der Waals surface area (Å²) in [4.78, 5) is 4.06. The predicted molar refractivity (Wildman–Crippen MR) is 66.6 cm³/mol. The van der Waals surface area contributed by atoms with Crippen LogP contribution in [-0.4, -0.2) is 9.55 Å². The number of hydrogen-bond donors (Lipinski definition) is 1. The maximum atomic E-state index is 13.5. The number of halogens is 4. The fourth-order valence-electron chi connectivity index (χ4n) is 1.81. The van der Waals surface area contributed by atoms with E-state index >= 15 is 0 Å². The minimum Gasteiger partial charge on any atom is -0.375 e. The third-order valence-corrected chi connectivity index (χ3v) is 2.87. The number of aromatic nitrogens is 2. The topological polar surface area (TPSA) is 29.9 Å². The highest BCUT2D eigenvalue weighted by Gasteiger charge is 2.31. The number of hydrogen-bond acceptors (Lipinski definition) is 2. The number of benzene rings is 1.